The summed E-state index contributed by atoms with van der Waals surface area (Å²) in [6.07, 6.45) is 3.30. The molecule has 4 aromatic rings. The van der Waals surface area contributed by atoms with Crippen molar-refractivity contribution in [1.29, 1.82) is 0 Å². The van der Waals surface area contributed by atoms with E-state index in [1.54, 1.807) is 24.5 Å². The summed E-state index contributed by atoms with van der Waals surface area (Å²) in [6, 6.07) is 15.2. The Bertz CT molecular complexity index is 1420. The molecule has 0 aliphatic rings. The van der Waals surface area contributed by atoms with Crippen molar-refractivity contribution < 1.29 is 13.9 Å². The van der Waals surface area contributed by atoms with Crippen molar-refractivity contribution in [1.82, 2.24) is 0 Å². The molecule has 4 nitrogen and oxygen atoms in total. The van der Waals surface area contributed by atoms with Crippen LogP contribution in [0.3, 0.4) is 0 Å². The number of anilines is 1. The van der Waals surface area contributed by atoms with Crippen LogP contribution in [0.1, 0.15) is 30.5 Å². The highest BCUT2D eigenvalue weighted by Gasteiger charge is 2.16. The van der Waals surface area contributed by atoms with E-state index in [1.807, 2.05) is 26.0 Å². The molecular weight excluding hydrogens is 469 g/mol. The summed E-state index contributed by atoms with van der Waals surface area (Å²) in [6.45, 7) is 8.45. The highest BCUT2D eigenvalue weighted by Crippen LogP contribution is 2.38. The Morgan fingerprint density at radius 3 is 2.59 bits per heavy atom. The van der Waals surface area contributed by atoms with Gasteiger partial charge in [-0.3, -0.25) is 4.79 Å². The van der Waals surface area contributed by atoms with E-state index in [4.69, 9.17) is 32.4 Å². The summed E-state index contributed by atoms with van der Waals surface area (Å²) in [7, 11) is 0. The van der Waals surface area contributed by atoms with Crippen molar-refractivity contribution in [2.75, 3.05) is 11.9 Å². The molecule has 0 unspecified atom stereocenters. The fraction of sp³-hybridized carbons (Fsp3) is 0.179. The maximum absolute atomic E-state index is 12.8. The molecule has 0 aliphatic carbocycles. The van der Waals surface area contributed by atoms with E-state index in [0.717, 1.165) is 33.2 Å². The van der Waals surface area contributed by atoms with Gasteiger partial charge < -0.3 is 14.5 Å². The van der Waals surface area contributed by atoms with Crippen LogP contribution in [-0.4, -0.2) is 12.5 Å². The molecule has 3 aromatic carbocycles. The van der Waals surface area contributed by atoms with E-state index < -0.39 is 0 Å². The molecule has 4 rings (SSSR count). The maximum atomic E-state index is 12.8. The number of benzene rings is 3. The number of ether oxygens (including phenoxy) is 1. The average molecular weight is 494 g/mol. The van der Waals surface area contributed by atoms with Gasteiger partial charge in [0.25, 0.3) is 0 Å². The summed E-state index contributed by atoms with van der Waals surface area (Å²) in [5.41, 5.74) is 7.22. The van der Waals surface area contributed by atoms with Crippen molar-refractivity contribution in [3.05, 3.63) is 87.6 Å². The number of halogens is 2. The van der Waals surface area contributed by atoms with Crippen molar-refractivity contribution in [3.8, 4) is 16.9 Å². The number of fused-ring (bicyclic) bond motifs is 1. The van der Waals surface area contributed by atoms with Gasteiger partial charge in [-0.2, -0.15) is 0 Å². The number of rotatable bonds is 6. The number of allylic oxidation sites excluding steroid dienone is 1. The summed E-state index contributed by atoms with van der Waals surface area (Å²) >= 11 is 12.2. The largest absolute Gasteiger partial charge is 0.493 e. The Kier molecular flexibility index (Phi) is 7.01. The van der Waals surface area contributed by atoms with Gasteiger partial charge in [-0.05, 0) is 68.7 Å². The SMILES string of the molecule is CCOc1cc2occ(-c3ccc(C)cc3C)c2cc1/C(C)=C/C(=O)Nc1cc(Cl)ccc1Cl. The molecule has 1 heterocycles. The second-order valence-corrected chi connectivity index (χ2v) is 9.03. The first-order chi connectivity index (χ1) is 16.3. The summed E-state index contributed by atoms with van der Waals surface area (Å²) in [5.74, 6) is 0.338. The smallest absolute Gasteiger partial charge is 0.248 e. The predicted octanol–water partition coefficient (Wildman–Crippen LogP) is 8.46. The molecule has 34 heavy (non-hydrogen) atoms. The third-order valence-corrected chi connectivity index (χ3v) is 6.17. The molecule has 1 N–H and O–H groups in total. The molecule has 0 saturated heterocycles. The number of hydrogen-bond acceptors (Lipinski definition) is 3. The third-order valence-electron chi connectivity index (χ3n) is 5.61. The van der Waals surface area contributed by atoms with Crippen LogP contribution < -0.4 is 10.1 Å². The van der Waals surface area contributed by atoms with Gasteiger partial charge in [0.15, 0.2) is 0 Å². The zero-order valence-corrected chi connectivity index (χ0v) is 21.0. The average Bonchev–Trinajstić information content (AvgIpc) is 3.18. The molecule has 1 aromatic heterocycles. The van der Waals surface area contributed by atoms with Crippen LogP contribution in [0.2, 0.25) is 10.0 Å². The van der Waals surface area contributed by atoms with Gasteiger partial charge >= 0.3 is 0 Å². The topological polar surface area (TPSA) is 51.5 Å². The van der Waals surface area contributed by atoms with Crippen LogP contribution in [0.15, 0.2) is 65.3 Å². The Morgan fingerprint density at radius 1 is 1.06 bits per heavy atom. The molecule has 0 radical (unpaired) electrons. The lowest BCUT2D eigenvalue weighted by Gasteiger charge is -2.12. The maximum Gasteiger partial charge on any atom is 0.248 e. The van der Waals surface area contributed by atoms with Gasteiger partial charge in [0, 0.05) is 33.7 Å². The van der Waals surface area contributed by atoms with E-state index in [0.29, 0.717) is 28.1 Å². The van der Waals surface area contributed by atoms with Crippen LogP contribution in [0.25, 0.3) is 27.7 Å². The Hall–Kier alpha value is -3.21. The van der Waals surface area contributed by atoms with Gasteiger partial charge in [-0.1, -0.05) is 47.0 Å². The van der Waals surface area contributed by atoms with E-state index >= 15 is 0 Å². The van der Waals surface area contributed by atoms with Gasteiger partial charge in [-0.15, -0.1) is 0 Å². The monoisotopic (exact) mass is 493 g/mol. The van der Waals surface area contributed by atoms with E-state index in [9.17, 15) is 4.79 Å². The molecule has 0 fully saturated rings. The lowest BCUT2D eigenvalue weighted by atomic mass is 9.96. The Labute approximate surface area is 209 Å². The molecule has 174 valence electrons. The van der Waals surface area contributed by atoms with Gasteiger partial charge in [0.05, 0.1) is 23.6 Å². The van der Waals surface area contributed by atoms with Crippen molar-refractivity contribution >= 4 is 51.3 Å². The van der Waals surface area contributed by atoms with Crippen molar-refractivity contribution in [2.24, 2.45) is 0 Å². The lowest BCUT2D eigenvalue weighted by molar-refractivity contribution is -0.111. The number of hydrogen-bond donors (Lipinski definition) is 1. The van der Waals surface area contributed by atoms with Crippen LogP contribution in [0.4, 0.5) is 5.69 Å². The van der Waals surface area contributed by atoms with Crippen LogP contribution >= 0.6 is 23.2 Å². The molecule has 1 amide bonds. The number of furan rings is 1. The number of aryl methyl sites for hydroxylation is 2. The second-order valence-electron chi connectivity index (χ2n) is 8.19. The van der Waals surface area contributed by atoms with Crippen LogP contribution in [0.5, 0.6) is 5.75 Å². The number of carbonyl (C=O) groups excluding carboxylic acids is 1. The van der Waals surface area contributed by atoms with E-state index in [1.165, 1.54) is 17.2 Å². The minimum Gasteiger partial charge on any atom is -0.493 e. The molecular formula is C28H25Cl2NO3. The molecule has 0 atom stereocenters. The highest BCUT2D eigenvalue weighted by molar-refractivity contribution is 6.35. The molecule has 6 heteroatoms. The summed E-state index contributed by atoms with van der Waals surface area (Å²) < 4.78 is 11.8. The third kappa shape index (κ3) is 4.98. The zero-order valence-electron chi connectivity index (χ0n) is 19.5. The number of carbonyl (C=O) groups is 1. The fourth-order valence-electron chi connectivity index (χ4n) is 4.00. The predicted molar refractivity (Wildman–Crippen MR) is 141 cm³/mol. The lowest BCUT2D eigenvalue weighted by Crippen LogP contribution is -2.09. The second kappa shape index (κ2) is 9.96. The van der Waals surface area contributed by atoms with Gasteiger partial charge in [0.1, 0.15) is 11.3 Å². The molecule has 0 aliphatic heterocycles. The van der Waals surface area contributed by atoms with Gasteiger partial charge in [0.2, 0.25) is 5.91 Å². The molecule has 0 spiro atoms. The first-order valence-corrected chi connectivity index (χ1v) is 11.7. The van der Waals surface area contributed by atoms with Crippen LogP contribution in [0, 0.1) is 13.8 Å². The Morgan fingerprint density at radius 2 is 1.85 bits per heavy atom. The zero-order chi connectivity index (χ0) is 24.4. The normalized spacial score (nSPS) is 11.6. The molecule has 0 bridgehead atoms. The highest BCUT2D eigenvalue weighted by atomic mass is 35.5. The number of nitrogens with one attached hydrogen (secondary N) is 1. The van der Waals surface area contributed by atoms with Crippen molar-refractivity contribution in [2.45, 2.75) is 27.7 Å². The van der Waals surface area contributed by atoms with E-state index in [-0.39, 0.29) is 5.91 Å². The fourth-order valence-corrected chi connectivity index (χ4v) is 4.34. The minimum atomic E-state index is -0.314. The standard InChI is InChI=1S/C28H25Cl2NO3/c1-5-33-26-14-27-22(23(15-34-27)20-8-6-16(2)10-17(20)3)13-21(26)18(4)11-28(32)31-25-12-19(29)7-9-24(25)30/h6-15H,5H2,1-4H3,(H,31,32)/b18-11+. The minimum absolute atomic E-state index is 0.314. The van der Waals surface area contributed by atoms with Crippen molar-refractivity contribution in [3.63, 3.8) is 0 Å². The first kappa shape index (κ1) is 23.9. The summed E-state index contributed by atoms with van der Waals surface area (Å²) in [5, 5.41) is 4.65. The van der Waals surface area contributed by atoms with Crippen LogP contribution in [-0.2, 0) is 4.79 Å². The van der Waals surface area contributed by atoms with E-state index in [2.05, 4.69) is 37.4 Å². The quantitative estimate of drug-likeness (QED) is 0.274. The Balaban J connectivity index is 1.75. The van der Waals surface area contributed by atoms with Gasteiger partial charge in [-0.25, -0.2) is 0 Å². The summed E-state index contributed by atoms with van der Waals surface area (Å²) in [4.78, 5) is 12.8. The first-order valence-electron chi connectivity index (χ1n) is 11.0. The molecule has 0 saturated carbocycles. The number of amides is 1.